The maximum absolute atomic E-state index is 14.2. The summed E-state index contributed by atoms with van der Waals surface area (Å²) in [6, 6.07) is 5.60. The van der Waals surface area contributed by atoms with Crippen LogP contribution in [0.5, 0.6) is 0 Å². The molecule has 280 valence electrons. The monoisotopic (exact) mass is 711 g/mol. The number of likely N-dealkylation sites (tertiary alicyclic amines) is 1. The van der Waals surface area contributed by atoms with Crippen LogP contribution in [0.2, 0.25) is 0 Å². The predicted molar refractivity (Wildman–Crippen MR) is 189 cm³/mol. The number of benzene rings is 1. The SMILES string of the molecule is CC(C)(C)OC(=O)N[C@H](CF)[C@H]1CC[C@H](C(=O)N2CC[C@@H](C3CCCCC3)[C@H]2C(=O)Nc2ccc3oc(C(=O)OC[C@H]4CCCO4)cc3c2)CC1. The number of alkyl carbamates (subject to hydrolysis) is 1. The molecular formula is C39H54FN3O8. The van der Waals surface area contributed by atoms with Crippen LogP contribution in [0.1, 0.15) is 108 Å². The molecule has 4 atom stereocenters. The van der Waals surface area contributed by atoms with E-state index in [0.717, 1.165) is 44.9 Å². The van der Waals surface area contributed by atoms with Gasteiger partial charge in [-0.05, 0) is 108 Å². The third-order valence-corrected chi connectivity index (χ3v) is 11.2. The number of amides is 3. The third-order valence-electron chi connectivity index (χ3n) is 11.2. The first-order valence-electron chi connectivity index (χ1n) is 19.0. The van der Waals surface area contributed by atoms with E-state index in [0.29, 0.717) is 61.4 Å². The van der Waals surface area contributed by atoms with Gasteiger partial charge in [-0.2, -0.15) is 0 Å². The number of nitrogens with one attached hydrogen (secondary N) is 2. The highest BCUT2D eigenvalue weighted by molar-refractivity contribution is 6.00. The van der Waals surface area contributed by atoms with Gasteiger partial charge < -0.3 is 34.2 Å². The molecule has 11 nitrogen and oxygen atoms in total. The summed E-state index contributed by atoms with van der Waals surface area (Å²) in [5.41, 5.74) is 0.380. The highest BCUT2D eigenvalue weighted by Gasteiger charge is 2.47. The number of alkyl halides is 1. The zero-order chi connectivity index (χ0) is 36.1. The van der Waals surface area contributed by atoms with Crippen molar-refractivity contribution in [2.45, 2.75) is 122 Å². The molecule has 3 heterocycles. The fraction of sp³-hybridized carbons (Fsp3) is 0.692. The summed E-state index contributed by atoms with van der Waals surface area (Å²) in [7, 11) is 0. The lowest BCUT2D eigenvalue weighted by Gasteiger charge is -2.37. The molecular weight excluding hydrogens is 657 g/mol. The van der Waals surface area contributed by atoms with Gasteiger partial charge in [0.2, 0.25) is 17.6 Å². The van der Waals surface area contributed by atoms with Crippen molar-refractivity contribution in [3.8, 4) is 0 Å². The van der Waals surface area contributed by atoms with Crippen molar-refractivity contribution >= 4 is 40.5 Å². The number of anilines is 1. The average Bonchev–Trinajstić information content (AvgIpc) is 3.89. The second-order valence-corrected chi connectivity index (χ2v) is 15.9. The van der Waals surface area contributed by atoms with Crippen LogP contribution in [-0.2, 0) is 23.8 Å². The molecule has 4 fully saturated rings. The molecule has 1 aromatic carbocycles. The topological polar surface area (TPSA) is 136 Å². The number of fused-ring (bicyclic) bond motifs is 1. The second-order valence-electron chi connectivity index (χ2n) is 15.9. The largest absolute Gasteiger partial charge is 0.457 e. The van der Waals surface area contributed by atoms with Crippen molar-refractivity contribution in [1.29, 1.82) is 0 Å². The number of carbonyl (C=O) groups excluding carboxylic acids is 4. The van der Waals surface area contributed by atoms with Crippen molar-refractivity contribution in [2.75, 3.05) is 31.7 Å². The van der Waals surface area contributed by atoms with Gasteiger partial charge in [-0.1, -0.05) is 32.1 Å². The molecule has 0 unspecified atom stereocenters. The van der Waals surface area contributed by atoms with Crippen molar-refractivity contribution in [2.24, 2.45) is 23.7 Å². The number of hydrogen-bond donors (Lipinski definition) is 2. The number of halogens is 1. The van der Waals surface area contributed by atoms with Crippen molar-refractivity contribution in [3.63, 3.8) is 0 Å². The fourth-order valence-electron chi connectivity index (χ4n) is 8.65. The Balaban J connectivity index is 1.11. The maximum atomic E-state index is 14.2. The quantitative estimate of drug-likeness (QED) is 0.248. The van der Waals surface area contributed by atoms with Crippen LogP contribution in [-0.4, -0.2) is 79.0 Å². The second kappa shape index (κ2) is 16.3. The Morgan fingerprint density at radius 2 is 1.73 bits per heavy atom. The van der Waals surface area contributed by atoms with Gasteiger partial charge >= 0.3 is 12.1 Å². The van der Waals surface area contributed by atoms with Crippen LogP contribution in [0, 0.1) is 23.7 Å². The Morgan fingerprint density at radius 3 is 2.41 bits per heavy atom. The molecule has 2 saturated heterocycles. The normalized spacial score (nSPS) is 26.5. The van der Waals surface area contributed by atoms with E-state index < -0.39 is 36.4 Å². The number of furan rings is 1. The summed E-state index contributed by atoms with van der Waals surface area (Å²) in [5, 5.41) is 6.45. The Morgan fingerprint density at radius 1 is 0.961 bits per heavy atom. The standard InChI is InChI=1S/C39H54FN3O8/c1-39(2,3)51-38(47)42-31(22-40)25-11-13-26(14-12-25)36(45)43-18-17-30(24-8-5-4-6-9-24)34(43)35(44)41-28-15-16-32-27(20-28)21-33(50-32)37(46)49-23-29-10-7-19-48-29/h15-16,20-21,24-26,29-31,34H,4-14,17-19,22-23H2,1-3H3,(H,41,44)(H,42,47)/t25-,26-,29-,30+,31-,34+/m1/s1. The summed E-state index contributed by atoms with van der Waals surface area (Å²) in [6.07, 6.45) is 9.82. The van der Waals surface area contributed by atoms with Gasteiger partial charge in [0.25, 0.3) is 0 Å². The molecule has 4 aliphatic rings. The van der Waals surface area contributed by atoms with Crippen LogP contribution >= 0.6 is 0 Å². The Kier molecular flexibility index (Phi) is 11.9. The first kappa shape index (κ1) is 37.1. The minimum Gasteiger partial charge on any atom is -0.457 e. The fourth-order valence-corrected chi connectivity index (χ4v) is 8.65. The summed E-state index contributed by atoms with van der Waals surface area (Å²) in [5.74, 6) is -0.594. The van der Waals surface area contributed by atoms with Crippen molar-refractivity contribution in [3.05, 3.63) is 30.0 Å². The van der Waals surface area contributed by atoms with Crippen LogP contribution < -0.4 is 10.6 Å². The summed E-state index contributed by atoms with van der Waals surface area (Å²) in [4.78, 5) is 55.2. The van der Waals surface area contributed by atoms with E-state index in [2.05, 4.69) is 10.6 Å². The highest BCUT2D eigenvalue weighted by atomic mass is 19.1. The molecule has 2 saturated carbocycles. The number of hydrogen-bond acceptors (Lipinski definition) is 8. The number of ether oxygens (including phenoxy) is 3. The van der Waals surface area contributed by atoms with Gasteiger partial charge in [-0.25, -0.2) is 14.0 Å². The number of nitrogens with zero attached hydrogens (tertiary/aromatic N) is 1. The average molecular weight is 712 g/mol. The Labute approximate surface area is 299 Å². The molecule has 51 heavy (non-hydrogen) atoms. The van der Waals surface area contributed by atoms with E-state index in [-0.39, 0.29) is 48.0 Å². The zero-order valence-corrected chi connectivity index (χ0v) is 30.3. The minimum absolute atomic E-state index is 0.0137. The van der Waals surface area contributed by atoms with Gasteiger partial charge in [0.05, 0.1) is 12.1 Å². The van der Waals surface area contributed by atoms with Crippen LogP contribution in [0.3, 0.4) is 0 Å². The smallest absolute Gasteiger partial charge is 0.407 e. The summed E-state index contributed by atoms with van der Waals surface area (Å²) < 4.78 is 36.1. The molecule has 1 aromatic heterocycles. The van der Waals surface area contributed by atoms with E-state index in [1.807, 2.05) is 4.90 Å². The molecule has 6 rings (SSSR count). The molecule has 2 aliphatic carbocycles. The predicted octanol–water partition coefficient (Wildman–Crippen LogP) is 7.17. The van der Waals surface area contributed by atoms with E-state index in [1.54, 1.807) is 45.0 Å². The van der Waals surface area contributed by atoms with Gasteiger partial charge in [0.15, 0.2) is 0 Å². The zero-order valence-electron chi connectivity index (χ0n) is 30.3. The highest BCUT2D eigenvalue weighted by Crippen LogP contribution is 2.41. The lowest BCUT2D eigenvalue weighted by Crippen LogP contribution is -2.50. The van der Waals surface area contributed by atoms with E-state index in [9.17, 15) is 23.6 Å². The van der Waals surface area contributed by atoms with Crippen molar-refractivity contribution < 1.29 is 42.2 Å². The number of esters is 1. The van der Waals surface area contributed by atoms with Gasteiger partial charge in [-0.15, -0.1) is 0 Å². The molecule has 0 radical (unpaired) electrons. The third kappa shape index (κ3) is 9.23. The first-order valence-corrected chi connectivity index (χ1v) is 19.0. The van der Waals surface area contributed by atoms with E-state index >= 15 is 0 Å². The van der Waals surface area contributed by atoms with E-state index in [1.165, 1.54) is 6.42 Å². The Hall–Kier alpha value is -3.67. The molecule has 2 N–H and O–H groups in total. The Bertz CT molecular complexity index is 1530. The maximum Gasteiger partial charge on any atom is 0.407 e. The van der Waals surface area contributed by atoms with Gasteiger partial charge in [0, 0.05) is 30.1 Å². The summed E-state index contributed by atoms with van der Waals surface area (Å²) in [6.45, 7) is 5.98. The minimum atomic E-state index is -0.703. The number of carbonyl (C=O) groups is 4. The molecule has 0 bridgehead atoms. The van der Waals surface area contributed by atoms with E-state index in [4.69, 9.17) is 18.6 Å². The molecule has 12 heteroatoms. The van der Waals surface area contributed by atoms with Crippen LogP contribution in [0.15, 0.2) is 28.7 Å². The van der Waals surface area contributed by atoms with Crippen LogP contribution in [0.25, 0.3) is 11.0 Å². The molecule has 2 aromatic rings. The molecule has 3 amide bonds. The van der Waals surface area contributed by atoms with Crippen molar-refractivity contribution in [1.82, 2.24) is 10.2 Å². The molecule has 0 spiro atoms. The number of rotatable bonds is 10. The first-order chi connectivity index (χ1) is 24.5. The summed E-state index contributed by atoms with van der Waals surface area (Å²) >= 11 is 0. The van der Waals surface area contributed by atoms with Gasteiger partial charge in [0.1, 0.15) is 30.5 Å². The molecule has 2 aliphatic heterocycles. The van der Waals surface area contributed by atoms with Gasteiger partial charge in [-0.3, -0.25) is 9.59 Å². The lowest BCUT2D eigenvalue weighted by molar-refractivity contribution is -0.142. The lowest BCUT2D eigenvalue weighted by atomic mass is 9.76. The van der Waals surface area contributed by atoms with Crippen LogP contribution in [0.4, 0.5) is 14.9 Å².